The van der Waals surface area contributed by atoms with Crippen LogP contribution in [0.3, 0.4) is 0 Å². The van der Waals surface area contributed by atoms with E-state index in [1.54, 1.807) is 0 Å². The van der Waals surface area contributed by atoms with Crippen LogP contribution in [0.1, 0.15) is 11.1 Å². The predicted octanol–water partition coefficient (Wildman–Crippen LogP) is 2.18. The van der Waals surface area contributed by atoms with Gasteiger partial charge in [0, 0.05) is 17.6 Å². The molecule has 0 bridgehead atoms. The summed E-state index contributed by atoms with van der Waals surface area (Å²) in [6.45, 7) is 3.68. The van der Waals surface area contributed by atoms with Crippen LogP contribution in [-0.4, -0.2) is 19.4 Å². The van der Waals surface area contributed by atoms with Crippen LogP contribution in [0, 0.1) is 5.82 Å². The number of carbonyl (C=O) groups is 1. The van der Waals surface area contributed by atoms with Crippen LogP contribution >= 0.6 is 11.6 Å². The number of halogens is 2. The van der Waals surface area contributed by atoms with Crippen LogP contribution in [0.4, 0.5) is 4.39 Å². The highest BCUT2D eigenvalue weighted by atomic mass is 35.5. The second kappa shape index (κ2) is 6.00. The lowest BCUT2D eigenvalue weighted by molar-refractivity contribution is -0.121. The Kier molecular flexibility index (Phi) is 4.66. The van der Waals surface area contributed by atoms with E-state index in [4.69, 9.17) is 11.6 Å². The van der Waals surface area contributed by atoms with Crippen LogP contribution in [0.5, 0.6) is 0 Å². The molecular formula is C11H10ClFN2O2. The van der Waals surface area contributed by atoms with Gasteiger partial charge in [0.05, 0.1) is 5.56 Å². The number of hydrogen-bond acceptors (Lipinski definition) is 4. The van der Waals surface area contributed by atoms with Gasteiger partial charge in [-0.25, -0.2) is 4.39 Å². The molecule has 17 heavy (non-hydrogen) atoms. The van der Waals surface area contributed by atoms with Crippen molar-refractivity contribution in [3.8, 4) is 0 Å². The van der Waals surface area contributed by atoms with Gasteiger partial charge in [-0.15, -0.1) is 5.10 Å². The van der Waals surface area contributed by atoms with Gasteiger partial charge in [0.15, 0.2) is 0 Å². The summed E-state index contributed by atoms with van der Waals surface area (Å²) in [5.74, 6) is -0.653. The minimum Gasteiger partial charge on any atom is -0.407 e. The van der Waals surface area contributed by atoms with Crippen LogP contribution in [0.2, 0.25) is 5.02 Å². The third-order valence-corrected chi connectivity index (χ3v) is 2.12. The maximum absolute atomic E-state index is 13.6. The van der Waals surface area contributed by atoms with Gasteiger partial charge in [-0.05, 0) is 12.1 Å². The Hall–Kier alpha value is -1.88. The second-order valence-corrected chi connectivity index (χ2v) is 3.34. The number of nitrogens with zero attached hydrogens (tertiary/aromatic N) is 1. The third kappa shape index (κ3) is 3.04. The summed E-state index contributed by atoms with van der Waals surface area (Å²) in [4.78, 5) is 10.3. The molecule has 0 spiro atoms. The molecule has 0 aliphatic rings. The van der Waals surface area contributed by atoms with Crippen LogP contribution in [0.25, 0.3) is 6.08 Å². The van der Waals surface area contributed by atoms with E-state index in [2.05, 4.69) is 21.8 Å². The molecule has 0 aliphatic heterocycles. The normalized spacial score (nSPS) is 10.9. The summed E-state index contributed by atoms with van der Waals surface area (Å²) in [6.07, 6.45) is 1.29. The van der Waals surface area contributed by atoms with Gasteiger partial charge in [-0.2, -0.15) is 0 Å². The average Bonchev–Trinajstić information content (AvgIpc) is 2.28. The Labute approximate surface area is 103 Å². The number of ether oxygens (including phenoxy) is 1. The van der Waals surface area contributed by atoms with Gasteiger partial charge < -0.3 is 10.2 Å². The number of hydrogen-bond donors (Lipinski definition) is 1. The fraction of sp³-hybridized carbons (Fsp3) is 0.0909. The topological polar surface area (TPSA) is 50.7 Å². The molecular weight excluding hydrogens is 247 g/mol. The molecule has 0 saturated heterocycles. The largest absolute Gasteiger partial charge is 0.407 e. The SMILES string of the molecule is C=Cc1c(F)cc(Cl)cc1/C(=N/NC)OC=O. The van der Waals surface area contributed by atoms with Crippen molar-refractivity contribution in [3.63, 3.8) is 0 Å². The van der Waals surface area contributed by atoms with E-state index in [0.29, 0.717) is 0 Å². The molecule has 0 atom stereocenters. The summed E-state index contributed by atoms with van der Waals surface area (Å²) < 4.78 is 18.2. The standard InChI is InChI=1S/C11H10ClFN2O2/c1-3-8-9(4-7(12)5-10(8)13)11(15-14-2)17-6-16/h3-6,14H,1H2,2H3/b15-11-. The molecule has 90 valence electrons. The van der Waals surface area contributed by atoms with Gasteiger partial charge in [0.25, 0.3) is 6.47 Å². The fourth-order valence-corrected chi connectivity index (χ4v) is 1.47. The molecule has 0 aromatic heterocycles. The van der Waals surface area contributed by atoms with E-state index < -0.39 is 5.82 Å². The summed E-state index contributed by atoms with van der Waals surface area (Å²) in [6, 6.07) is 2.57. The molecule has 0 fully saturated rings. The first-order valence-corrected chi connectivity index (χ1v) is 4.98. The highest BCUT2D eigenvalue weighted by Gasteiger charge is 2.14. The lowest BCUT2D eigenvalue weighted by atomic mass is 10.1. The molecule has 1 rings (SSSR count). The number of hydrazone groups is 1. The van der Waals surface area contributed by atoms with E-state index in [1.807, 2.05) is 0 Å². The zero-order valence-corrected chi connectivity index (χ0v) is 9.79. The summed E-state index contributed by atoms with van der Waals surface area (Å²) in [7, 11) is 1.52. The van der Waals surface area contributed by atoms with Gasteiger partial charge in [0.2, 0.25) is 5.90 Å². The van der Waals surface area contributed by atoms with Crippen molar-refractivity contribution in [1.29, 1.82) is 0 Å². The van der Waals surface area contributed by atoms with Gasteiger partial charge in [-0.1, -0.05) is 24.3 Å². The molecule has 0 aliphatic carbocycles. The number of carbonyl (C=O) groups excluding carboxylic acids is 1. The minimum atomic E-state index is -0.569. The Bertz CT molecular complexity index is 475. The lowest BCUT2D eigenvalue weighted by Gasteiger charge is -2.08. The maximum atomic E-state index is 13.6. The highest BCUT2D eigenvalue weighted by molar-refractivity contribution is 6.31. The number of rotatable bonds is 4. The van der Waals surface area contributed by atoms with Gasteiger partial charge >= 0.3 is 0 Å². The quantitative estimate of drug-likeness (QED) is 0.389. The van der Waals surface area contributed by atoms with Crippen LogP contribution in [0.15, 0.2) is 23.8 Å². The first-order valence-electron chi connectivity index (χ1n) is 4.60. The zero-order valence-electron chi connectivity index (χ0n) is 9.04. The minimum absolute atomic E-state index is 0.0844. The smallest absolute Gasteiger partial charge is 0.299 e. The van der Waals surface area contributed by atoms with Gasteiger partial charge in [-0.3, -0.25) is 4.79 Å². The van der Waals surface area contributed by atoms with Crippen molar-refractivity contribution >= 4 is 30.0 Å². The fourth-order valence-electron chi connectivity index (χ4n) is 1.27. The van der Waals surface area contributed by atoms with Crippen LogP contribution in [-0.2, 0) is 9.53 Å². The van der Waals surface area contributed by atoms with Crippen molar-refractivity contribution in [3.05, 3.63) is 40.7 Å². The summed E-state index contributed by atoms with van der Waals surface area (Å²) in [5.41, 5.74) is 2.85. The molecule has 0 amide bonds. The Morgan fingerprint density at radius 1 is 1.65 bits per heavy atom. The van der Waals surface area contributed by atoms with Crippen molar-refractivity contribution in [2.24, 2.45) is 5.10 Å². The molecule has 1 aromatic carbocycles. The average molecular weight is 257 g/mol. The highest BCUT2D eigenvalue weighted by Crippen LogP contribution is 2.22. The monoisotopic (exact) mass is 256 g/mol. The summed E-state index contributed by atoms with van der Waals surface area (Å²) >= 11 is 5.73. The van der Waals surface area contributed by atoms with Gasteiger partial charge in [0.1, 0.15) is 5.82 Å². The van der Waals surface area contributed by atoms with Crippen molar-refractivity contribution in [1.82, 2.24) is 5.43 Å². The second-order valence-electron chi connectivity index (χ2n) is 2.91. The lowest BCUT2D eigenvalue weighted by Crippen LogP contribution is -2.13. The third-order valence-electron chi connectivity index (χ3n) is 1.90. The molecule has 1 N–H and O–H groups in total. The first-order chi connectivity index (χ1) is 8.13. The number of benzene rings is 1. The molecule has 0 unspecified atom stereocenters. The van der Waals surface area contributed by atoms with E-state index in [0.717, 1.165) is 6.07 Å². The molecule has 0 heterocycles. The van der Waals surface area contributed by atoms with E-state index >= 15 is 0 Å². The van der Waals surface area contributed by atoms with E-state index in [1.165, 1.54) is 19.2 Å². The molecule has 6 heteroatoms. The Morgan fingerprint density at radius 3 is 2.88 bits per heavy atom. The van der Waals surface area contributed by atoms with E-state index in [-0.39, 0.29) is 28.5 Å². The number of nitrogens with one attached hydrogen (secondary N) is 1. The van der Waals surface area contributed by atoms with Crippen molar-refractivity contribution in [2.45, 2.75) is 0 Å². The maximum Gasteiger partial charge on any atom is 0.299 e. The molecule has 0 radical (unpaired) electrons. The Morgan fingerprint density at radius 2 is 2.35 bits per heavy atom. The predicted molar refractivity (Wildman–Crippen MR) is 64.2 cm³/mol. The summed E-state index contributed by atoms with van der Waals surface area (Å²) in [5, 5.41) is 3.88. The van der Waals surface area contributed by atoms with Crippen molar-refractivity contribution in [2.75, 3.05) is 7.05 Å². The van der Waals surface area contributed by atoms with Crippen molar-refractivity contribution < 1.29 is 13.9 Å². The molecule has 0 saturated carbocycles. The van der Waals surface area contributed by atoms with E-state index in [9.17, 15) is 9.18 Å². The Balaban J connectivity index is 3.40. The molecule has 1 aromatic rings. The first kappa shape index (κ1) is 13.2. The molecule has 4 nitrogen and oxygen atoms in total. The van der Waals surface area contributed by atoms with Crippen LogP contribution < -0.4 is 5.43 Å². The zero-order chi connectivity index (χ0) is 12.8.